The molecule has 1 aromatic carbocycles. The van der Waals surface area contributed by atoms with Gasteiger partial charge in [-0.05, 0) is 65.3 Å². The summed E-state index contributed by atoms with van der Waals surface area (Å²) < 4.78 is 4.98. The van der Waals surface area contributed by atoms with E-state index in [1.54, 1.807) is 0 Å². The summed E-state index contributed by atoms with van der Waals surface area (Å²) in [4.78, 5) is 38.4. The molecule has 0 aliphatic rings. The average molecular weight is 717 g/mol. The zero-order valence-corrected chi connectivity index (χ0v) is 29.2. The first-order chi connectivity index (χ1) is 22.2. The van der Waals surface area contributed by atoms with Gasteiger partial charge in [0.15, 0.2) is 0 Å². The van der Waals surface area contributed by atoms with Gasteiger partial charge in [-0.1, -0.05) is 23.2 Å². The second-order valence-corrected chi connectivity index (χ2v) is 10.6. The SMILES string of the molecule is CCNc1nc(Cl)nc(NC(C)C)n1.CCNc1nc(NC(C)C)nc(OC)n1.Nc1cc(Cl)cc(C(=O)O)c1Cl.Nc1ncn[nH]1. The van der Waals surface area contributed by atoms with Crippen LogP contribution in [-0.4, -0.2) is 88.4 Å². The molecule has 0 radical (unpaired) electrons. The van der Waals surface area contributed by atoms with Crippen molar-refractivity contribution >= 4 is 76.2 Å². The number of aromatic carboxylic acids is 1. The molecule has 0 aliphatic carbocycles. The largest absolute Gasteiger partial charge is 0.478 e. The highest BCUT2D eigenvalue weighted by molar-refractivity contribution is 6.37. The number of rotatable bonds is 10. The van der Waals surface area contributed by atoms with Gasteiger partial charge in [-0.15, -0.1) is 0 Å². The molecule has 0 saturated carbocycles. The number of carboxylic acid groups (broad SMARTS) is 1. The Balaban J connectivity index is 0.000000325. The molecule has 0 fully saturated rings. The quantitative estimate of drug-likeness (QED) is 0.104. The van der Waals surface area contributed by atoms with Crippen molar-refractivity contribution in [2.24, 2.45) is 0 Å². The molecule has 0 atom stereocenters. The first-order valence-corrected chi connectivity index (χ1v) is 15.1. The predicted octanol–water partition coefficient (Wildman–Crippen LogP) is 4.57. The van der Waals surface area contributed by atoms with E-state index < -0.39 is 5.97 Å². The number of aromatic amines is 1. The summed E-state index contributed by atoms with van der Waals surface area (Å²) >= 11 is 16.9. The van der Waals surface area contributed by atoms with Gasteiger partial charge in [0.1, 0.15) is 6.33 Å². The lowest BCUT2D eigenvalue weighted by Gasteiger charge is -2.10. The molecule has 10 N–H and O–H groups in total. The van der Waals surface area contributed by atoms with E-state index in [1.165, 1.54) is 25.6 Å². The normalized spacial score (nSPS) is 9.96. The molecule has 0 saturated heterocycles. The lowest BCUT2D eigenvalue weighted by atomic mass is 10.2. The monoisotopic (exact) mass is 715 g/mol. The van der Waals surface area contributed by atoms with Crippen LogP contribution in [0.1, 0.15) is 51.9 Å². The van der Waals surface area contributed by atoms with E-state index in [2.05, 4.69) is 66.4 Å². The summed E-state index contributed by atoms with van der Waals surface area (Å²) in [6.45, 7) is 13.5. The number of hydrogen-bond acceptors (Lipinski definition) is 16. The molecule has 258 valence electrons. The highest BCUT2D eigenvalue weighted by Gasteiger charge is 2.12. The standard InChI is InChI=1S/C9H17N5O.C8H14ClN5.C7H5Cl2NO2.C2H4N4/c1-5-10-7-12-8(11-6(2)3)14-9(13-7)15-4;1-4-10-7-12-6(9)13-8(14-7)11-5(2)3;8-3-1-4(7(11)12)6(9)5(10)2-3;3-2-4-1-5-6-2/h6H,5H2,1-4H3,(H2,10,11,12,13,14);5H,4H2,1-3H3,(H2,10,11,12,13,14);1-2H,10H2,(H,11,12);1H,(H3,3,4,5,6). The molecular weight excluding hydrogens is 677 g/mol. The number of carboxylic acids is 1. The summed E-state index contributed by atoms with van der Waals surface area (Å²) in [5, 5.41) is 27.1. The number of methoxy groups -OCH3 is 1. The molecule has 18 nitrogen and oxygen atoms in total. The summed E-state index contributed by atoms with van der Waals surface area (Å²) in [6.07, 6.45) is 1.36. The van der Waals surface area contributed by atoms with Crippen molar-refractivity contribution in [2.75, 3.05) is 52.9 Å². The maximum Gasteiger partial charge on any atom is 0.337 e. The molecule has 0 bridgehead atoms. The molecule has 47 heavy (non-hydrogen) atoms. The summed E-state index contributed by atoms with van der Waals surface area (Å²) in [6, 6.07) is 3.50. The van der Waals surface area contributed by atoms with Gasteiger partial charge in [0.2, 0.25) is 35.0 Å². The van der Waals surface area contributed by atoms with Crippen LogP contribution in [0.2, 0.25) is 15.3 Å². The number of H-pyrrole nitrogens is 1. The number of nitrogen functional groups attached to an aromatic ring is 2. The van der Waals surface area contributed by atoms with E-state index >= 15 is 0 Å². The first-order valence-electron chi connectivity index (χ1n) is 14.0. The number of benzene rings is 1. The van der Waals surface area contributed by atoms with Crippen molar-refractivity contribution in [3.63, 3.8) is 0 Å². The third-order valence-corrected chi connectivity index (χ3v) is 5.45. The number of halogens is 3. The fourth-order valence-corrected chi connectivity index (χ4v) is 3.48. The van der Waals surface area contributed by atoms with Crippen LogP contribution in [0.3, 0.4) is 0 Å². The smallest absolute Gasteiger partial charge is 0.337 e. The van der Waals surface area contributed by atoms with Gasteiger partial charge in [0, 0.05) is 30.2 Å². The highest BCUT2D eigenvalue weighted by atomic mass is 35.5. The van der Waals surface area contributed by atoms with Crippen LogP contribution in [-0.2, 0) is 0 Å². The Bertz CT molecular complexity index is 1510. The third-order valence-electron chi connectivity index (χ3n) is 4.64. The minimum absolute atomic E-state index is 0.0203. The van der Waals surface area contributed by atoms with Gasteiger partial charge in [-0.25, -0.2) is 14.9 Å². The van der Waals surface area contributed by atoms with Crippen LogP contribution in [0, 0.1) is 0 Å². The predicted molar refractivity (Wildman–Crippen MR) is 186 cm³/mol. The Labute approximate surface area is 287 Å². The number of carbonyl (C=O) groups is 1. The van der Waals surface area contributed by atoms with Gasteiger partial charge in [0.25, 0.3) is 0 Å². The van der Waals surface area contributed by atoms with Crippen molar-refractivity contribution in [3.05, 3.63) is 39.4 Å². The Morgan fingerprint density at radius 3 is 1.81 bits per heavy atom. The number of aromatic nitrogens is 9. The van der Waals surface area contributed by atoms with Crippen LogP contribution >= 0.6 is 34.8 Å². The summed E-state index contributed by atoms with van der Waals surface area (Å²) in [5.41, 5.74) is 10.5. The van der Waals surface area contributed by atoms with Gasteiger partial charge < -0.3 is 42.6 Å². The highest BCUT2D eigenvalue weighted by Crippen LogP contribution is 2.27. The maximum absolute atomic E-state index is 10.5. The van der Waals surface area contributed by atoms with Crippen molar-refractivity contribution in [2.45, 2.75) is 53.6 Å². The van der Waals surface area contributed by atoms with Gasteiger partial charge in [-0.2, -0.15) is 35.0 Å². The molecule has 3 heterocycles. The Hall–Kier alpha value is -4.68. The number of hydrogen-bond donors (Lipinski definition) is 8. The second kappa shape index (κ2) is 21.2. The second-order valence-electron chi connectivity index (χ2n) is 9.41. The van der Waals surface area contributed by atoms with E-state index in [-0.39, 0.29) is 38.7 Å². The number of ether oxygens (including phenoxy) is 1. The molecule has 4 rings (SSSR count). The zero-order chi connectivity index (χ0) is 35.5. The summed E-state index contributed by atoms with van der Waals surface area (Å²) in [5.74, 6) is 1.25. The van der Waals surface area contributed by atoms with Crippen molar-refractivity contribution in [3.8, 4) is 6.01 Å². The number of nitrogens with zero attached hydrogens (tertiary/aromatic N) is 8. The zero-order valence-electron chi connectivity index (χ0n) is 26.9. The van der Waals surface area contributed by atoms with E-state index in [0.29, 0.717) is 35.8 Å². The molecular formula is C26H40Cl3N15O3. The summed E-state index contributed by atoms with van der Waals surface area (Å²) in [7, 11) is 1.53. The van der Waals surface area contributed by atoms with Crippen molar-refractivity contribution in [1.82, 2.24) is 45.1 Å². The van der Waals surface area contributed by atoms with Crippen LogP contribution in [0.5, 0.6) is 6.01 Å². The molecule has 4 aromatic rings. The number of nitrogens with two attached hydrogens (primary N) is 2. The van der Waals surface area contributed by atoms with E-state index in [9.17, 15) is 4.79 Å². The molecule has 21 heteroatoms. The Kier molecular flexibility index (Phi) is 18.2. The van der Waals surface area contributed by atoms with Crippen LogP contribution in [0.25, 0.3) is 0 Å². The third kappa shape index (κ3) is 16.4. The van der Waals surface area contributed by atoms with Gasteiger partial charge >= 0.3 is 12.0 Å². The van der Waals surface area contributed by atoms with Crippen LogP contribution in [0.15, 0.2) is 18.5 Å². The van der Waals surface area contributed by atoms with Crippen LogP contribution < -0.4 is 37.5 Å². The minimum Gasteiger partial charge on any atom is -0.478 e. The average Bonchev–Trinajstić information content (AvgIpc) is 3.46. The van der Waals surface area contributed by atoms with Crippen molar-refractivity contribution < 1.29 is 14.6 Å². The van der Waals surface area contributed by atoms with Gasteiger partial charge in [-0.3, -0.25) is 0 Å². The van der Waals surface area contributed by atoms with Crippen LogP contribution in [0.4, 0.5) is 35.4 Å². The molecule has 3 aromatic heterocycles. The lowest BCUT2D eigenvalue weighted by Crippen LogP contribution is -2.15. The fraction of sp³-hybridized carbons (Fsp3) is 0.423. The van der Waals surface area contributed by atoms with E-state index in [4.69, 9.17) is 56.1 Å². The Morgan fingerprint density at radius 1 is 0.872 bits per heavy atom. The molecule has 0 spiro atoms. The number of nitrogens with one attached hydrogen (secondary N) is 5. The Morgan fingerprint density at radius 2 is 1.38 bits per heavy atom. The lowest BCUT2D eigenvalue weighted by molar-refractivity contribution is 0.0697. The minimum atomic E-state index is -1.14. The van der Waals surface area contributed by atoms with Crippen molar-refractivity contribution in [1.29, 1.82) is 0 Å². The molecule has 0 aliphatic heterocycles. The topological polar surface area (TPSA) is 266 Å². The maximum atomic E-state index is 10.5. The molecule has 0 amide bonds. The van der Waals surface area contributed by atoms with E-state index in [1.807, 2.05) is 41.5 Å². The van der Waals surface area contributed by atoms with Gasteiger partial charge in [0.05, 0.1) is 23.4 Å². The number of anilines is 6. The fourth-order valence-electron chi connectivity index (χ4n) is 2.90. The molecule has 0 unspecified atom stereocenters. The first kappa shape index (κ1) is 40.3. The van der Waals surface area contributed by atoms with E-state index in [0.717, 1.165) is 13.1 Å².